The molecular formula is C25H18N10O3. The van der Waals surface area contributed by atoms with E-state index in [0.29, 0.717) is 10.8 Å². The molecule has 0 atom stereocenters. The molecule has 0 aliphatic carbocycles. The number of carbonyl (C=O) groups is 2. The van der Waals surface area contributed by atoms with Crippen LogP contribution in [0.1, 0.15) is 26.4 Å². The van der Waals surface area contributed by atoms with Crippen LogP contribution in [-0.4, -0.2) is 41.7 Å². The number of nitrogens with zero attached hydrogens (tertiary/aromatic N) is 6. The van der Waals surface area contributed by atoms with Gasteiger partial charge in [0.05, 0.1) is 17.4 Å². The molecule has 3 aromatic heterocycles. The number of nitrogens with one attached hydrogen (secondary N) is 3. The number of phenols is 1. The molecule has 0 radical (unpaired) electrons. The maximum absolute atomic E-state index is 13.2. The van der Waals surface area contributed by atoms with E-state index in [0.717, 1.165) is 0 Å². The molecule has 0 fully saturated rings. The summed E-state index contributed by atoms with van der Waals surface area (Å²) in [5.41, 5.74) is 11.4. The average molecular weight is 506 g/mol. The first-order valence-electron chi connectivity index (χ1n) is 11.1. The summed E-state index contributed by atoms with van der Waals surface area (Å²) >= 11 is 0. The molecule has 0 bridgehead atoms. The van der Waals surface area contributed by atoms with Crippen molar-refractivity contribution in [2.45, 2.75) is 0 Å². The Labute approximate surface area is 214 Å². The van der Waals surface area contributed by atoms with Crippen LogP contribution in [0.3, 0.4) is 0 Å². The summed E-state index contributed by atoms with van der Waals surface area (Å²) in [6, 6.07) is 15.2. The number of benzene rings is 2. The minimum absolute atomic E-state index is 0.0901. The van der Waals surface area contributed by atoms with Crippen LogP contribution in [-0.2, 0) is 0 Å². The second-order valence-corrected chi connectivity index (χ2v) is 7.82. The Bertz CT molecular complexity index is 1730. The van der Waals surface area contributed by atoms with E-state index in [4.69, 9.17) is 5.73 Å². The number of aromatic hydroxyl groups is 1. The Morgan fingerprint density at radius 1 is 1.00 bits per heavy atom. The van der Waals surface area contributed by atoms with E-state index in [1.165, 1.54) is 47.7 Å². The molecular weight excluding hydrogens is 488 g/mol. The smallest absolute Gasteiger partial charge is 0.269 e. The lowest BCUT2D eigenvalue weighted by Crippen LogP contribution is -2.20. The Balaban J connectivity index is 1.53. The number of phenolic OH excluding ortho intramolecular Hbond substituents is 1. The van der Waals surface area contributed by atoms with E-state index in [2.05, 4.69) is 36.2 Å². The number of pyridine rings is 1. The summed E-state index contributed by atoms with van der Waals surface area (Å²) in [5.74, 6) is -1.49. The fraction of sp³-hybridized carbons (Fsp3) is 0. The van der Waals surface area contributed by atoms with E-state index in [1.54, 1.807) is 30.3 Å². The van der Waals surface area contributed by atoms with Gasteiger partial charge in [0.1, 0.15) is 17.3 Å². The molecule has 0 saturated heterocycles. The molecule has 0 aliphatic rings. The summed E-state index contributed by atoms with van der Waals surface area (Å²) in [7, 11) is 0. The SMILES string of the molecule is N#Cc1cnn(-c2ncccn2)c1NNc1c(O)c(C(=O)Nc2cccnc2C(N)=O)cc2ccccc12. The minimum Gasteiger partial charge on any atom is -0.505 e. The zero-order valence-electron chi connectivity index (χ0n) is 19.5. The number of nitrogens with two attached hydrogens (primary N) is 1. The number of nitriles is 1. The van der Waals surface area contributed by atoms with Crippen molar-refractivity contribution in [3.63, 3.8) is 0 Å². The van der Waals surface area contributed by atoms with Crippen LogP contribution in [0, 0.1) is 11.3 Å². The van der Waals surface area contributed by atoms with Crippen LogP contribution in [0.2, 0.25) is 0 Å². The molecule has 0 spiro atoms. The van der Waals surface area contributed by atoms with Gasteiger partial charge in [0.15, 0.2) is 17.3 Å². The maximum atomic E-state index is 13.2. The van der Waals surface area contributed by atoms with Gasteiger partial charge in [0, 0.05) is 24.0 Å². The second-order valence-electron chi connectivity index (χ2n) is 7.82. The fourth-order valence-electron chi connectivity index (χ4n) is 3.75. The molecule has 0 aliphatic heterocycles. The van der Waals surface area contributed by atoms with E-state index in [-0.39, 0.29) is 40.0 Å². The quantitative estimate of drug-likeness (QED) is 0.161. The van der Waals surface area contributed by atoms with Crippen molar-refractivity contribution in [1.29, 1.82) is 5.26 Å². The van der Waals surface area contributed by atoms with Gasteiger partial charge in [-0.3, -0.25) is 20.4 Å². The maximum Gasteiger partial charge on any atom is 0.269 e. The third-order valence-corrected chi connectivity index (χ3v) is 5.49. The van der Waals surface area contributed by atoms with Gasteiger partial charge in [-0.2, -0.15) is 15.0 Å². The number of rotatable bonds is 7. The van der Waals surface area contributed by atoms with Crippen LogP contribution in [0.4, 0.5) is 17.2 Å². The normalized spacial score (nSPS) is 10.5. The third kappa shape index (κ3) is 4.36. The van der Waals surface area contributed by atoms with Crippen LogP contribution in [0.25, 0.3) is 16.7 Å². The molecule has 3 heterocycles. The van der Waals surface area contributed by atoms with E-state index >= 15 is 0 Å². The lowest BCUT2D eigenvalue weighted by atomic mass is 10.0. The fourth-order valence-corrected chi connectivity index (χ4v) is 3.75. The predicted octanol–water partition coefficient (Wildman–Crippen LogP) is 2.58. The van der Waals surface area contributed by atoms with Gasteiger partial charge in [-0.05, 0) is 29.7 Å². The minimum atomic E-state index is -0.817. The molecule has 2 aromatic carbocycles. The van der Waals surface area contributed by atoms with Crippen molar-refractivity contribution >= 4 is 39.8 Å². The number of fused-ring (bicyclic) bond motifs is 1. The molecule has 0 unspecified atom stereocenters. The number of hydrogen-bond acceptors (Lipinski definition) is 10. The van der Waals surface area contributed by atoms with Gasteiger partial charge in [-0.25, -0.2) is 15.0 Å². The van der Waals surface area contributed by atoms with E-state index in [9.17, 15) is 20.0 Å². The van der Waals surface area contributed by atoms with Crippen molar-refractivity contribution < 1.29 is 14.7 Å². The Kier molecular flexibility index (Phi) is 6.18. The topological polar surface area (TPSA) is 197 Å². The highest BCUT2D eigenvalue weighted by atomic mass is 16.3. The molecule has 5 rings (SSSR count). The first-order valence-corrected chi connectivity index (χ1v) is 11.1. The van der Waals surface area contributed by atoms with Crippen molar-refractivity contribution in [2.75, 3.05) is 16.2 Å². The summed E-state index contributed by atoms with van der Waals surface area (Å²) in [5, 5.41) is 28.7. The number of aromatic nitrogens is 5. The molecule has 38 heavy (non-hydrogen) atoms. The Morgan fingerprint density at radius 2 is 1.76 bits per heavy atom. The molecule has 5 aromatic rings. The van der Waals surface area contributed by atoms with Crippen LogP contribution in [0.5, 0.6) is 5.75 Å². The molecule has 13 nitrogen and oxygen atoms in total. The predicted molar refractivity (Wildman–Crippen MR) is 137 cm³/mol. The van der Waals surface area contributed by atoms with Crippen molar-refractivity contribution in [2.24, 2.45) is 5.73 Å². The van der Waals surface area contributed by atoms with Gasteiger partial charge in [0.25, 0.3) is 17.8 Å². The van der Waals surface area contributed by atoms with Crippen molar-refractivity contribution in [3.05, 3.63) is 90.1 Å². The first kappa shape index (κ1) is 23.7. The van der Waals surface area contributed by atoms with Gasteiger partial charge in [-0.1, -0.05) is 24.3 Å². The summed E-state index contributed by atoms with van der Waals surface area (Å²) in [6.45, 7) is 0. The summed E-state index contributed by atoms with van der Waals surface area (Å²) in [4.78, 5) is 37.1. The number of carbonyl (C=O) groups excluding carboxylic acids is 2. The standard InChI is InChI=1S/C25H18N10O3/c26-12-15-13-31-35(25-29-9-4-10-30-25)23(15)34-33-19-16-6-2-1-5-14(16)11-17(21(19)36)24(38)32-18-7-3-8-28-20(18)22(27)37/h1-11,13,33-34,36H,(H2,27,37)(H,32,38). The van der Waals surface area contributed by atoms with Gasteiger partial charge < -0.3 is 16.2 Å². The molecule has 6 N–H and O–H groups in total. The monoisotopic (exact) mass is 506 g/mol. The largest absolute Gasteiger partial charge is 0.505 e. The highest BCUT2D eigenvalue weighted by Gasteiger charge is 2.21. The number of anilines is 3. The first-order chi connectivity index (χ1) is 18.5. The highest BCUT2D eigenvalue weighted by molar-refractivity contribution is 6.13. The number of primary amides is 1. The molecule has 186 valence electrons. The van der Waals surface area contributed by atoms with E-state index in [1.807, 2.05) is 6.07 Å². The number of hydrogen-bond donors (Lipinski definition) is 5. The van der Waals surface area contributed by atoms with Crippen LogP contribution < -0.4 is 21.9 Å². The lowest BCUT2D eigenvalue weighted by Gasteiger charge is -2.17. The average Bonchev–Trinajstić information content (AvgIpc) is 3.35. The van der Waals surface area contributed by atoms with Crippen LogP contribution >= 0.6 is 0 Å². The number of amides is 2. The van der Waals surface area contributed by atoms with Crippen LogP contribution in [0.15, 0.2) is 73.3 Å². The second kappa shape index (κ2) is 9.91. The molecule has 0 saturated carbocycles. The number of hydrazine groups is 1. The van der Waals surface area contributed by atoms with E-state index < -0.39 is 17.6 Å². The van der Waals surface area contributed by atoms with Crippen molar-refractivity contribution in [1.82, 2.24) is 24.7 Å². The summed E-state index contributed by atoms with van der Waals surface area (Å²) in [6.07, 6.45) is 5.77. The summed E-state index contributed by atoms with van der Waals surface area (Å²) < 4.78 is 1.31. The highest BCUT2D eigenvalue weighted by Crippen LogP contribution is 2.37. The van der Waals surface area contributed by atoms with Gasteiger partial charge >= 0.3 is 0 Å². The zero-order valence-corrected chi connectivity index (χ0v) is 19.5. The molecule has 2 amide bonds. The van der Waals surface area contributed by atoms with Gasteiger partial charge in [-0.15, -0.1) is 0 Å². The lowest BCUT2D eigenvalue weighted by molar-refractivity contribution is 0.0996. The Hall–Kier alpha value is -6.03. The molecule has 13 heteroatoms. The zero-order chi connectivity index (χ0) is 26.6. The Morgan fingerprint density at radius 3 is 2.53 bits per heavy atom. The third-order valence-electron chi connectivity index (χ3n) is 5.49. The van der Waals surface area contributed by atoms with Crippen molar-refractivity contribution in [3.8, 4) is 17.8 Å². The van der Waals surface area contributed by atoms with Gasteiger partial charge in [0.2, 0.25) is 0 Å².